The van der Waals surface area contributed by atoms with Crippen LogP contribution in [0, 0.1) is 0 Å². The topological polar surface area (TPSA) is 82.2 Å². The minimum atomic E-state index is -0.218. The molecule has 0 aliphatic carbocycles. The fourth-order valence-corrected chi connectivity index (χ4v) is 3.71. The fourth-order valence-electron chi connectivity index (χ4n) is 3.71. The lowest BCUT2D eigenvalue weighted by Crippen LogP contribution is -2.44. The van der Waals surface area contributed by atoms with Gasteiger partial charge in [-0.3, -0.25) is 4.98 Å². The van der Waals surface area contributed by atoms with Crippen LogP contribution in [0.4, 0.5) is 4.79 Å². The Morgan fingerprint density at radius 2 is 1.77 bits per heavy atom. The summed E-state index contributed by atoms with van der Waals surface area (Å²) in [6, 6.07) is 8.21. The van der Waals surface area contributed by atoms with Crippen molar-refractivity contribution in [2.24, 2.45) is 0 Å². The molecular weight excluding hydrogens is 398 g/mol. The van der Waals surface area contributed by atoms with Gasteiger partial charge < -0.3 is 29.2 Å². The predicted molar refractivity (Wildman–Crippen MR) is 118 cm³/mol. The Hall–Kier alpha value is -3.00. The minimum absolute atomic E-state index is 0.218. The van der Waals surface area contributed by atoms with Crippen LogP contribution in [-0.4, -0.2) is 63.0 Å². The van der Waals surface area contributed by atoms with Crippen LogP contribution in [0.25, 0.3) is 11.3 Å². The molecule has 1 N–H and O–H groups in total. The Bertz CT molecular complexity index is 856. The first-order valence-electron chi connectivity index (χ1n) is 10.5. The maximum absolute atomic E-state index is 11.8. The molecule has 1 amide bonds. The Balaban J connectivity index is 1.65. The monoisotopic (exact) mass is 429 g/mol. The van der Waals surface area contributed by atoms with Crippen molar-refractivity contribution in [2.75, 3.05) is 41.0 Å². The summed E-state index contributed by atoms with van der Waals surface area (Å²) in [7, 11) is 4.78. The highest BCUT2D eigenvalue weighted by molar-refractivity contribution is 5.69. The van der Waals surface area contributed by atoms with Crippen molar-refractivity contribution >= 4 is 6.09 Å². The second kappa shape index (κ2) is 10.9. The zero-order chi connectivity index (χ0) is 22.2. The lowest BCUT2D eigenvalue weighted by Gasteiger charge is -2.31. The van der Waals surface area contributed by atoms with Crippen molar-refractivity contribution < 1.29 is 23.7 Å². The lowest BCUT2D eigenvalue weighted by atomic mass is 10.0. The smallest absolute Gasteiger partial charge is 0.409 e. The summed E-state index contributed by atoms with van der Waals surface area (Å²) in [5.41, 5.74) is 2.85. The van der Waals surface area contributed by atoms with E-state index in [2.05, 4.69) is 16.4 Å². The quantitative estimate of drug-likeness (QED) is 0.688. The van der Waals surface area contributed by atoms with Gasteiger partial charge in [0.25, 0.3) is 0 Å². The van der Waals surface area contributed by atoms with E-state index in [4.69, 9.17) is 18.9 Å². The highest BCUT2D eigenvalue weighted by atomic mass is 16.6. The van der Waals surface area contributed by atoms with Gasteiger partial charge in [-0.2, -0.15) is 0 Å². The Morgan fingerprint density at radius 1 is 1.10 bits per heavy atom. The van der Waals surface area contributed by atoms with Gasteiger partial charge in [0.1, 0.15) is 0 Å². The van der Waals surface area contributed by atoms with Gasteiger partial charge in [-0.05, 0) is 49.6 Å². The number of aromatic nitrogens is 1. The first-order chi connectivity index (χ1) is 15.1. The number of piperidine rings is 1. The summed E-state index contributed by atoms with van der Waals surface area (Å²) in [6.07, 6.45) is 3.40. The number of nitrogens with zero attached hydrogens (tertiary/aromatic N) is 2. The normalized spacial score (nSPS) is 14.3. The molecule has 1 aliphatic rings. The van der Waals surface area contributed by atoms with Crippen LogP contribution in [0.5, 0.6) is 17.2 Å². The summed E-state index contributed by atoms with van der Waals surface area (Å²) >= 11 is 0. The second-order valence-corrected chi connectivity index (χ2v) is 7.30. The van der Waals surface area contributed by atoms with E-state index in [-0.39, 0.29) is 6.09 Å². The molecule has 8 heteroatoms. The van der Waals surface area contributed by atoms with Gasteiger partial charge in [-0.25, -0.2) is 4.79 Å². The molecule has 1 aromatic heterocycles. The first-order valence-corrected chi connectivity index (χ1v) is 10.5. The molecular formula is C23H31N3O5. The molecule has 31 heavy (non-hydrogen) atoms. The summed E-state index contributed by atoms with van der Waals surface area (Å²) in [5.74, 6) is 1.74. The number of carbonyl (C=O) groups excluding carboxylic acids is 1. The Labute approximate surface area is 183 Å². The number of nitrogens with one attached hydrogen (secondary N) is 1. The van der Waals surface area contributed by atoms with Gasteiger partial charge in [0.05, 0.1) is 33.6 Å². The molecule has 1 fully saturated rings. The van der Waals surface area contributed by atoms with E-state index in [1.165, 1.54) is 0 Å². The van der Waals surface area contributed by atoms with E-state index in [9.17, 15) is 4.79 Å². The van der Waals surface area contributed by atoms with Crippen LogP contribution < -0.4 is 19.5 Å². The number of rotatable bonds is 8. The van der Waals surface area contributed by atoms with Crippen molar-refractivity contribution in [3.63, 3.8) is 0 Å². The average molecular weight is 430 g/mol. The molecule has 0 bridgehead atoms. The van der Waals surface area contributed by atoms with Crippen molar-refractivity contribution in [1.82, 2.24) is 15.2 Å². The number of hydrogen-bond donors (Lipinski definition) is 1. The summed E-state index contributed by atoms with van der Waals surface area (Å²) in [5, 5.41) is 3.60. The molecule has 2 heterocycles. The maximum Gasteiger partial charge on any atom is 0.409 e. The van der Waals surface area contributed by atoms with Gasteiger partial charge in [-0.15, -0.1) is 0 Å². The molecule has 3 rings (SSSR count). The summed E-state index contributed by atoms with van der Waals surface area (Å²) in [6.45, 7) is 4.39. The number of carbonyl (C=O) groups is 1. The van der Waals surface area contributed by atoms with E-state index >= 15 is 0 Å². The van der Waals surface area contributed by atoms with Crippen LogP contribution in [0.2, 0.25) is 0 Å². The van der Waals surface area contributed by atoms with Crippen LogP contribution in [-0.2, 0) is 11.3 Å². The average Bonchev–Trinajstić information content (AvgIpc) is 2.82. The highest BCUT2D eigenvalue weighted by Gasteiger charge is 2.23. The van der Waals surface area contributed by atoms with E-state index in [0.29, 0.717) is 43.0 Å². The third-order valence-corrected chi connectivity index (χ3v) is 5.40. The Kier molecular flexibility index (Phi) is 7.94. The minimum Gasteiger partial charge on any atom is -0.493 e. The third kappa shape index (κ3) is 5.58. The molecule has 0 saturated carbocycles. The van der Waals surface area contributed by atoms with E-state index in [1.807, 2.05) is 25.1 Å². The standard InChI is InChI=1S/C23H31N3O5/c1-5-31-23(27)26-10-7-18(8-11-26)25-15-16-6-9-24-19(12-16)17-13-20(28-2)22(30-4)21(14-17)29-3/h6,9,12-14,18,25H,5,7-8,10-11,15H2,1-4H3. The third-order valence-electron chi connectivity index (χ3n) is 5.40. The van der Waals surface area contributed by atoms with Crippen molar-refractivity contribution in [2.45, 2.75) is 32.4 Å². The van der Waals surface area contributed by atoms with Gasteiger partial charge in [0.2, 0.25) is 5.75 Å². The molecule has 168 valence electrons. The second-order valence-electron chi connectivity index (χ2n) is 7.30. The molecule has 1 aliphatic heterocycles. The summed E-state index contributed by atoms with van der Waals surface area (Å²) in [4.78, 5) is 18.1. The number of pyridine rings is 1. The van der Waals surface area contributed by atoms with Crippen molar-refractivity contribution in [3.8, 4) is 28.5 Å². The number of likely N-dealkylation sites (tertiary alicyclic amines) is 1. The van der Waals surface area contributed by atoms with Gasteiger partial charge in [-0.1, -0.05) is 0 Å². The number of amides is 1. The van der Waals surface area contributed by atoms with Crippen molar-refractivity contribution in [3.05, 3.63) is 36.0 Å². The van der Waals surface area contributed by atoms with E-state index < -0.39 is 0 Å². The molecule has 0 spiro atoms. The highest BCUT2D eigenvalue weighted by Crippen LogP contribution is 2.40. The zero-order valence-corrected chi connectivity index (χ0v) is 18.6. The van der Waals surface area contributed by atoms with Crippen LogP contribution >= 0.6 is 0 Å². The number of methoxy groups -OCH3 is 3. The maximum atomic E-state index is 11.8. The summed E-state index contributed by atoms with van der Waals surface area (Å²) < 4.78 is 21.4. The van der Waals surface area contributed by atoms with Crippen molar-refractivity contribution in [1.29, 1.82) is 0 Å². The fraction of sp³-hybridized carbons (Fsp3) is 0.478. The van der Waals surface area contributed by atoms with E-state index in [0.717, 1.165) is 36.2 Å². The molecule has 0 atom stereocenters. The predicted octanol–water partition coefficient (Wildman–Crippen LogP) is 3.48. The molecule has 1 aromatic carbocycles. The van der Waals surface area contributed by atoms with Crippen LogP contribution in [0.3, 0.4) is 0 Å². The zero-order valence-electron chi connectivity index (χ0n) is 18.6. The number of hydrogen-bond acceptors (Lipinski definition) is 7. The largest absolute Gasteiger partial charge is 0.493 e. The SMILES string of the molecule is CCOC(=O)N1CCC(NCc2ccnc(-c3cc(OC)c(OC)c(OC)c3)c2)CC1. The van der Waals surface area contributed by atoms with E-state index in [1.54, 1.807) is 32.4 Å². The van der Waals surface area contributed by atoms with Crippen LogP contribution in [0.1, 0.15) is 25.3 Å². The molecule has 0 unspecified atom stereocenters. The molecule has 2 aromatic rings. The van der Waals surface area contributed by atoms with Gasteiger partial charge >= 0.3 is 6.09 Å². The van der Waals surface area contributed by atoms with Crippen LogP contribution in [0.15, 0.2) is 30.5 Å². The Morgan fingerprint density at radius 3 is 2.35 bits per heavy atom. The number of benzene rings is 1. The first kappa shape index (κ1) is 22.7. The lowest BCUT2D eigenvalue weighted by molar-refractivity contribution is 0.0950. The molecule has 8 nitrogen and oxygen atoms in total. The van der Waals surface area contributed by atoms with Gasteiger partial charge in [0.15, 0.2) is 11.5 Å². The van der Waals surface area contributed by atoms with Gasteiger partial charge in [0, 0.05) is 37.4 Å². The molecule has 1 saturated heterocycles. The molecule has 0 radical (unpaired) electrons. The number of ether oxygens (including phenoxy) is 4.